The van der Waals surface area contributed by atoms with Crippen LogP contribution in [-0.4, -0.2) is 23.6 Å². The number of aromatic nitrogens is 1. The molecule has 0 radical (unpaired) electrons. The molecule has 2 heterocycles. The van der Waals surface area contributed by atoms with E-state index >= 15 is 0 Å². The second-order valence-electron chi connectivity index (χ2n) is 6.01. The highest BCUT2D eigenvalue weighted by Gasteiger charge is 2.23. The Morgan fingerprint density at radius 2 is 2.28 bits per heavy atom. The van der Waals surface area contributed by atoms with Crippen molar-refractivity contribution in [2.24, 2.45) is 0 Å². The van der Waals surface area contributed by atoms with Crippen molar-refractivity contribution in [3.05, 3.63) is 47.0 Å². The number of thiazole rings is 1. The van der Waals surface area contributed by atoms with Gasteiger partial charge in [0, 0.05) is 23.6 Å². The molecule has 1 amide bonds. The Hall–Kier alpha value is -2.60. The largest absolute Gasteiger partial charge is 0.492 e. The van der Waals surface area contributed by atoms with Crippen LogP contribution in [0.15, 0.2) is 35.8 Å². The second-order valence-corrected chi connectivity index (χ2v) is 6.90. The van der Waals surface area contributed by atoms with Crippen LogP contribution in [-0.2, 0) is 6.42 Å². The molecular weight excluding hydrogens is 336 g/mol. The van der Waals surface area contributed by atoms with Crippen molar-refractivity contribution in [3.8, 4) is 11.5 Å². The van der Waals surface area contributed by atoms with Crippen molar-refractivity contribution in [2.75, 3.05) is 11.9 Å². The number of fused-ring (bicyclic) bond motifs is 2. The average molecular weight is 354 g/mol. The summed E-state index contributed by atoms with van der Waals surface area (Å²) in [7, 11) is 0. The van der Waals surface area contributed by atoms with Crippen molar-refractivity contribution in [2.45, 2.75) is 26.4 Å². The molecule has 0 unspecified atom stereocenters. The molecule has 1 aromatic heterocycles. The predicted molar refractivity (Wildman–Crippen MR) is 99.0 cm³/mol. The topological polar surface area (TPSA) is 60.5 Å². The lowest BCUT2D eigenvalue weighted by Gasteiger charge is -2.13. The van der Waals surface area contributed by atoms with Crippen LogP contribution in [0.25, 0.3) is 10.2 Å². The van der Waals surface area contributed by atoms with Crippen LogP contribution in [0.1, 0.15) is 29.8 Å². The van der Waals surface area contributed by atoms with Crippen LogP contribution in [0.4, 0.5) is 5.69 Å². The number of hydrogen-bond acceptors (Lipinski definition) is 5. The van der Waals surface area contributed by atoms with Crippen molar-refractivity contribution < 1.29 is 14.3 Å². The molecule has 1 atom stereocenters. The zero-order valence-corrected chi connectivity index (χ0v) is 14.9. The summed E-state index contributed by atoms with van der Waals surface area (Å²) < 4.78 is 12.5. The Kier molecular flexibility index (Phi) is 4.05. The lowest BCUT2D eigenvalue weighted by Crippen LogP contribution is -2.13. The maximum absolute atomic E-state index is 12.7. The van der Waals surface area contributed by atoms with E-state index in [0.717, 1.165) is 28.0 Å². The molecule has 4 rings (SSSR count). The average Bonchev–Trinajstić information content (AvgIpc) is 3.19. The first-order chi connectivity index (χ1) is 12.1. The first-order valence-electron chi connectivity index (χ1n) is 8.25. The van der Waals surface area contributed by atoms with E-state index in [1.165, 1.54) is 11.3 Å². The third-order valence-electron chi connectivity index (χ3n) is 4.14. The summed E-state index contributed by atoms with van der Waals surface area (Å²) in [6.07, 6.45) is 0.996. The fourth-order valence-corrected chi connectivity index (χ4v) is 3.72. The van der Waals surface area contributed by atoms with E-state index in [4.69, 9.17) is 9.47 Å². The number of benzene rings is 2. The maximum atomic E-state index is 12.7. The summed E-state index contributed by atoms with van der Waals surface area (Å²) in [4.78, 5) is 16.9. The SMILES string of the molecule is CCOc1cc2c(cc1NC(=O)c1ccc3ncsc3c1)O[C@@H](C)C2. The third-order valence-corrected chi connectivity index (χ3v) is 4.93. The van der Waals surface area contributed by atoms with Crippen LogP contribution in [0.3, 0.4) is 0 Å². The van der Waals surface area contributed by atoms with Gasteiger partial charge in [0.05, 0.1) is 28.0 Å². The van der Waals surface area contributed by atoms with E-state index in [-0.39, 0.29) is 12.0 Å². The van der Waals surface area contributed by atoms with Gasteiger partial charge in [-0.15, -0.1) is 11.3 Å². The van der Waals surface area contributed by atoms with Gasteiger partial charge in [-0.2, -0.15) is 0 Å². The van der Waals surface area contributed by atoms with E-state index in [0.29, 0.717) is 23.6 Å². The molecule has 0 saturated carbocycles. The summed E-state index contributed by atoms with van der Waals surface area (Å²) in [5.74, 6) is 1.30. The molecule has 6 heteroatoms. The normalized spacial score (nSPS) is 15.7. The summed E-state index contributed by atoms with van der Waals surface area (Å²) in [5, 5.41) is 2.95. The molecule has 0 fully saturated rings. The first kappa shape index (κ1) is 15.9. The van der Waals surface area contributed by atoms with E-state index in [1.54, 1.807) is 11.6 Å². The van der Waals surface area contributed by atoms with Crippen molar-refractivity contribution in [1.82, 2.24) is 4.98 Å². The van der Waals surface area contributed by atoms with Gasteiger partial charge < -0.3 is 14.8 Å². The molecule has 1 aliphatic heterocycles. The lowest BCUT2D eigenvalue weighted by molar-refractivity contribution is 0.102. The Morgan fingerprint density at radius 3 is 3.12 bits per heavy atom. The number of rotatable bonds is 4. The minimum Gasteiger partial charge on any atom is -0.492 e. The molecule has 0 spiro atoms. The molecule has 5 nitrogen and oxygen atoms in total. The number of carbonyl (C=O) groups is 1. The minimum absolute atomic E-state index is 0.143. The number of ether oxygens (including phenoxy) is 2. The fraction of sp³-hybridized carbons (Fsp3) is 0.263. The minimum atomic E-state index is -0.178. The van der Waals surface area contributed by atoms with E-state index < -0.39 is 0 Å². The zero-order valence-electron chi connectivity index (χ0n) is 14.0. The van der Waals surface area contributed by atoms with Gasteiger partial charge in [-0.1, -0.05) is 0 Å². The lowest BCUT2D eigenvalue weighted by atomic mass is 10.1. The van der Waals surface area contributed by atoms with Crippen LogP contribution in [0, 0.1) is 0 Å². The zero-order chi connectivity index (χ0) is 17.4. The van der Waals surface area contributed by atoms with Gasteiger partial charge in [-0.25, -0.2) is 4.98 Å². The highest BCUT2D eigenvalue weighted by atomic mass is 32.1. The van der Waals surface area contributed by atoms with Crippen molar-refractivity contribution in [3.63, 3.8) is 0 Å². The second kappa shape index (κ2) is 6.37. The van der Waals surface area contributed by atoms with Gasteiger partial charge in [0.25, 0.3) is 5.91 Å². The highest BCUT2D eigenvalue weighted by molar-refractivity contribution is 7.16. The first-order valence-corrected chi connectivity index (χ1v) is 9.13. The quantitative estimate of drug-likeness (QED) is 0.760. The molecule has 0 bridgehead atoms. The molecule has 3 aromatic rings. The third kappa shape index (κ3) is 3.05. The molecule has 2 aromatic carbocycles. The van der Waals surface area contributed by atoms with E-state index in [9.17, 15) is 4.79 Å². The van der Waals surface area contributed by atoms with Gasteiger partial charge >= 0.3 is 0 Å². The Morgan fingerprint density at radius 1 is 1.40 bits per heavy atom. The van der Waals surface area contributed by atoms with Crippen LogP contribution >= 0.6 is 11.3 Å². The summed E-state index contributed by atoms with van der Waals surface area (Å²) in [5.41, 5.74) is 5.01. The van der Waals surface area contributed by atoms with E-state index in [1.807, 2.05) is 38.1 Å². The smallest absolute Gasteiger partial charge is 0.255 e. The summed E-state index contributed by atoms with van der Waals surface area (Å²) in [6.45, 7) is 4.49. The van der Waals surface area contributed by atoms with Gasteiger partial charge in [0.1, 0.15) is 17.6 Å². The summed E-state index contributed by atoms with van der Waals surface area (Å²) >= 11 is 1.52. The number of nitrogens with one attached hydrogen (secondary N) is 1. The molecule has 0 aliphatic carbocycles. The number of nitrogens with zero attached hydrogens (tertiary/aromatic N) is 1. The Balaban J connectivity index is 1.64. The Labute approximate surface area is 149 Å². The van der Waals surface area contributed by atoms with Gasteiger partial charge in [-0.3, -0.25) is 4.79 Å². The highest BCUT2D eigenvalue weighted by Crippen LogP contribution is 2.38. The predicted octanol–water partition coefficient (Wildman–Crippen LogP) is 4.27. The number of anilines is 1. The number of amides is 1. The van der Waals surface area contributed by atoms with Crippen molar-refractivity contribution >= 4 is 33.1 Å². The number of carbonyl (C=O) groups excluding carboxylic acids is 1. The van der Waals surface area contributed by atoms with Crippen LogP contribution < -0.4 is 14.8 Å². The maximum Gasteiger partial charge on any atom is 0.255 e. The summed E-state index contributed by atoms with van der Waals surface area (Å²) in [6, 6.07) is 9.31. The number of hydrogen-bond donors (Lipinski definition) is 1. The molecule has 1 aliphatic rings. The molecular formula is C19H18N2O3S. The van der Waals surface area contributed by atoms with Gasteiger partial charge in [0.15, 0.2) is 0 Å². The van der Waals surface area contributed by atoms with Gasteiger partial charge in [0.2, 0.25) is 0 Å². The van der Waals surface area contributed by atoms with Crippen LogP contribution in [0.5, 0.6) is 11.5 Å². The standard InChI is InChI=1S/C19H18N2O3S/c1-3-23-17-7-13-6-11(2)24-16(13)9-15(17)21-19(22)12-4-5-14-18(8-12)25-10-20-14/h4-5,7-11H,3,6H2,1-2H3,(H,21,22)/t11-/m0/s1. The van der Waals surface area contributed by atoms with E-state index in [2.05, 4.69) is 10.3 Å². The van der Waals surface area contributed by atoms with Crippen LogP contribution in [0.2, 0.25) is 0 Å². The fourth-order valence-electron chi connectivity index (χ4n) is 3.00. The van der Waals surface area contributed by atoms with Crippen molar-refractivity contribution in [1.29, 1.82) is 0 Å². The van der Waals surface area contributed by atoms with Gasteiger partial charge in [-0.05, 0) is 38.1 Å². The molecule has 25 heavy (non-hydrogen) atoms. The molecule has 128 valence electrons. The molecule has 1 N–H and O–H groups in total. The molecule has 0 saturated heterocycles. The Bertz CT molecular complexity index is 951. The monoisotopic (exact) mass is 354 g/mol.